The molecule has 1 fully saturated rings. The standard InChI is InChI=1S/C18H28N2O/c1-13(19)18-5-3-4-10-20(18)16-8-6-14-7-9-17(21-2)12-15(14)11-16/h7,9,12-13,16,18H,3-6,8,10-11,19H2,1-2H3. The van der Waals surface area contributed by atoms with Crippen molar-refractivity contribution in [3.05, 3.63) is 29.3 Å². The average Bonchev–Trinajstić information content (AvgIpc) is 2.53. The third-order valence-corrected chi connectivity index (χ3v) is 5.28. The van der Waals surface area contributed by atoms with Crippen LogP contribution in [0.3, 0.4) is 0 Å². The summed E-state index contributed by atoms with van der Waals surface area (Å²) in [5, 5.41) is 0. The first kappa shape index (κ1) is 14.9. The SMILES string of the molecule is COc1ccc2c(c1)CC(N1CCCCC1C(C)N)CC2. The van der Waals surface area contributed by atoms with E-state index in [0.717, 1.165) is 12.2 Å². The van der Waals surface area contributed by atoms with Crippen molar-refractivity contribution in [2.75, 3.05) is 13.7 Å². The van der Waals surface area contributed by atoms with E-state index < -0.39 is 0 Å². The fraction of sp³-hybridized carbons (Fsp3) is 0.667. The molecular formula is C18H28N2O. The Labute approximate surface area is 128 Å². The van der Waals surface area contributed by atoms with Crippen LogP contribution < -0.4 is 10.5 Å². The lowest BCUT2D eigenvalue weighted by molar-refractivity contribution is 0.0736. The lowest BCUT2D eigenvalue weighted by Gasteiger charge is -2.44. The average molecular weight is 288 g/mol. The zero-order valence-electron chi connectivity index (χ0n) is 13.3. The smallest absolute Gasteiger partial charge is 0.119 e. The minimum atomic E-state index is 0.275. The predicted molar refractivity (Wildman–Crippen MR) is 86.8 cm³/mol. The molecule has 1 aromatic rings. The van der Waals surface area contributed by atoms with Crippen molar-refractivity contribution in [1.29, 1.82) is 0 Å². The number of fused-ring (bicyclic) bond motifs is 1. The van der Waals surface area contributed by atoms with Crippen molar-refractivity contribution in [1.82, 2.24) is 4.90 Å². The van der Waals surface area contributed by atoms with Gasteiger partial charge in [0.1, 0.15) is 5.75 Å². The molecule has 3 heteroatoms. The van der Waals surface area contributed by atoms with E-state index in [9.17, 15) is 0 Å². The highest BCUT2D eigenvalue weighted by Gasteiger charge is 2.32. The Hall–Kier alpha value is -1.06. The molecule has 3 rings (SSSR count). The number of piperidine rings is 1. The third kappa shape index (κ3) is 3.09. The molecule has 3 atom stereocenters. The Morgan fingerprint density at radius 1 is 1.24 bits per heavy atom. The van der Waals surface area contributed by atoms with Crippen LogP contribution >= 0.6 is 0 Å². The maximum absolute atomic E-state index is 6.24. The minimum Gasteiger partial charge on any atom is -0.497 e. The minimum absolute atomic E-state index is 0.275. The molecule has 3 nitrogen and oxygen atoms in total. The molecule has 0 amide bonds. The zero-order chi connectivity index (χ0) is 14.8. The Bertz CT molecular complexity index is 486. The molecule has 0 radical (unpaired) electrons. The maximum atomic E-state index is 6.24. The Kier molecular flexibility index (Phi) is 4.51. The van der Waals surface area contributed by atoms with Gasteiger partial charge in [0.05, 0.1) is 7.11 Å². The molecular weight excluding hydrogens is 260 g/mol. The van der Waals surface area contributed by atoms with Crippen LogP contribution in [-0.4, -0.2) is 36.7 Å². The van der Waals surface area contributed by atoms with E-state index in [4.69, 9.17) is 10.5 Å². The maximum Gasteiger partial charge on any atom is 0.119 e. The summed E-state index contributed by atoms with van der Waals surface area (Å²) in [6.07, 6.45) is 7.52. The van der Waals surface area contributed by atoms with Crippen molar-refractivity contribution in [3.63, 3.8) is 0 Å². The number of aryl methyl sites for hydroxylation is 1. The molecule has 21 heavy (non-hydrogen) atoms. The number of methoxy groups -OCH3 is 1. The zero-order valence-corrected chi connectivity index (χ0v) is 13.3. The van der Waals surface area contributed by atoms with E-state index in [-0.39, 0.29) is 6.04 Å². The fourth-order valence-electron chi connectivity index (χ4n) is 4.12. The van der Waals surface area contributed by atoms with Gasteiger partial charge < -0.3 is 10.5 Å². The summed E-state index contributed by atoms with van der Waals surface area (Å²) in [6.45, 7) is 3.39. The number of hydrogen-bond donors (Lipinski definition) is 1. The van der Waals surface area contributed by atoms with Crippen molar-refractivity contribution in [3.8, 4) is 5.75 Å². The second-order valence-corrected chi connectivity index (χ2v) is 6.69. The van der Waals surface area contributed by atoms with E-state index >= 15 is 0 Å². The Morgan fingerprint density at radius 3 is 2.86 bits per heavy atom. The molecule has 0 bridgehead atoms. The summed E-state index contributed by atoms with van der Waals surface area (Å²) < 4.78 is 5.39. The lowest BCUT2D eigenvalue weighted by atomic mass is 9.84. The van der Waals surface area contributed by atoms with E-state index in [1.807, 2.05) is 0 Å². The second kappa shape index (κ2) is 6.37. The first-order chi connectivity index (χ1) is 10.2. The van der Waals surface area contributed by atoms with Crippen LogP contribution in [0.15, 0.2) is 18.2 Å². The highest BCUT2D eigenvalue weighted by atomic mass is 16.5. The molecule has 2 N–H and O–H groups in total. The number of nitrogens with two attached hydrogens (primary N) is 1. The monoisotopic (exact) mass is 288 g/mol. The first-order valence-corrected chi connectivity index (χ1v) is 8.36. The van der Waals surface area contributed by atoms with E-state index in [1.165, 1.54) is 49.8 Å². The number of hydrogen-bond acceptors (Lipinski definition) is 3. The fourth-order valence-corrected chi connectivity index (χ4v) is 4.12. The van der Waals surface area contributed by atoms with Crippen molar-refractivity contribution in [2.24, 2.45) is 5.73 Å². The molecule has 0 spiro atoms. The van der Waals surface area contributed by atoms with Crippen LogP contribution in [0.5, 0.6) is 5.75 Å². The molecule has 3 unspecified atom stereocenters. The number of benzene rings is 1. The van der Waals surface area contributed by atoms with Crippen LogP contribution in [0.1, 0.15) is 43.7 Å². The summed E-state index contributed by atoms with van der Waals surface area (Å²) in [4.78, 5) is 2.70. The molecule has 116 valence electrons. The quantitative estimate of drug-likeness (QED) is 0.929. The van der Waals surface area contributed by atoms with Gasteiger partial charge in [-0.2, -0.15) is 0 Å². The number of likely N-dealkylation sites (tertiary alicyclic amines) is 1. The second-order valence-electron chi connectivity index (χ2n) is 6.69. The number of nitrogens with zero attached hydrogens (tertiary/aromatic N) is 1. The van der Waals surface area contributed by atoms with Gasteiger partial charge in [-0.1, -0.05) is 12.5 Å². The molecule has 1 aliphatic carbocycles. The summed E-state index contributed by atoms with van der Waals surface area (Å²) >= 11 is 0. The van der Waals surface area contributed by atoms with Crippen LogP contribution in [0.2, 0.25) is 0 Å². The molecule has 1 saturated heterocycles. The molecule has 1 aliphatic heterocycles. The van der Waals surface area contributed by atoms with Crippen LogP contribution in [0.4, 0.5) is 0 Å². The summed E-state index contributed by atoms with van der Waals surface area (Å²) in [6, 6.07) is 8.05. The highest BCUT2D eigenvalue weighted by Crippen LogP contribution is 2.31. The molecule has 1 aromatic carbocycles. The van der Waals surface area contributed by atoms with Gasteiger partial charge in [0.25, 0.3) is 0 Å². The van der Waals surface area contributed by atoms with E-state index in [0.29, 0.717) is 12.1 Å². The van der Waals surface area contributed by atoms with Gasteiger partial charge in [-0.25, -0.2) is 0 Å². The van der Waals surface area contributed by atoms with Gasteiger partial charge in [-0.15, -0.1) is 0 Å². The lowest BCUT2D eigenvalue weighted by Crippen LogP contribution is -2.54. The van der Waals surface area contributed by atoms with Crippen LogP contribution in [0, 0.1) is 0 Å². The molecule has 2 aliphatic rings. The third-order valence-electron chi connectivity index (χ3n) is 5.28. The Morgan fingerprint density at radius 2 is 2.10 bits per heavy atom. The summed E-state index contributed by atoms with van der Waals surface area (Å²) in [5.41, 5.74) is 9.22. The van der Waals surface area contributed by atoms with E-state index in [1.54, 1.807) is 7.11 Å². The topological polar surface area (TPSA) is 38.5 Å². The van der Waals surface area contributed by atoms with Gasteiger partial charge in [0.2, 0.25) is 0 Å². The molecule has 0 aromatic heterocycles. The van der Waals surface area contributed by atoms with E-state index in [2.05, 4.69) is 30.0 Å². The van der Waals surface area contributed by atoms with Crippen LogP contribution in [-0.2, 0) is 12.8 Å². The van der Waals surface area contributed by atoms with Gasteiger partial charge in [0, 0.05) is 18.1 Å². The highest BCUT2D eigenvalue weighted by molar-refractivity contribution is 5.38. The normalized spacial score (nSPS) is 28.0. The van der Waals surface area contributed by atoms with Crippen molar-refractivity contribution in [2.45, 2.75) is 63.6 Å². The van der Waals surface area contributed by atoms with Gasteiger partial charge in [-0.05, 0) is 68.8 Å². The largest absolute Gasteiger partial charge is 0.497 e. The number of ether oxygens (including phenoxy) is 1. The summed E-state index contributed by atoms with van der Waals surface area (Å²) in [7, 11) is 1.75. The number of rotatable bonds is 3. The molecule has 1 heterocycles. The predicted octanol–water partition coefficient (Wildman–Crippen LogP) is 2.75. The first-order valence-electron chi connectivity index (χ1n) is 8.36. The van der Waals surface area contributed by atoms with Crippen molar-refractivity contribution >= 4 is 0 Å². The molecule has 0 saturated carbocycles. The van der Waals surface area contributed by atoms with Gasteiger partial charge in [0.15, 0.2) is 0 Å². The Balaban J connectivity index is 1.77. The summed E-state index contributed by atoms with van der Waals surface area (Å²) in [5.74, 6) is 0.983. The van der Waals surface area contributed by atoms with Gasteiger partial charge >= 0.3 is 0 Å². The van der Waals surface area contributed by atoms with Crippen molar-refractivity contribution < 1.29 is 4.74 Å². The van der Waals surface area contributed by atoms with Crippen LogP contribution in [0.25, 0.3) is 0 Å². The van der Waals surface area contributed by atoms with Gasteiger partial charge in [-0.3, -0.25) is 4.90 Å².